The molecule has 2 rings (SSSR count). The van der Waals surface area contributed by atoms with Gasteiger partial charge >= 0.3 is 33.3 Å². The number of halogens is 2. The van der Waals surface area contributed by atoms with Crippen molar-refractivity contribution in [3.8, 4) is 0 Å². The van der Waals surface area contributed by atoms with Crippen molar-refractivity contribution in [3.63, 3.8) is 0 Å². The number of aryl methyl sites for hydroxylation is 1. The third-order valence-electron chi connectivity index (χ3n) is 3.17. The fourth-order valence-corrected chi connectivity index (χ4v) is 2.40. The number of carbonyl (C=O) groups excluding carboxylic acids is 1. The Bertz CT molecular complexity index is 710. The number of rotatable bonds is 6. The maximum absolute atomic E-state index is 12.2. The van der Waals surface area contributed by atoms with Gasteiger partial charge in [-0.25, -0.2) is 4.79 Å². The van der Waals surface area contributed by atoms with E-state index in [0.29, 0.717) is 33.6 Å². The number of hydrogen-bond acceptors (Lipinski definition) is 4. The number of benzene rings is 2. The van der Waals surface area contributed by atoms with E-state index in [-0.39, 0.29) is 34.1 Å². The molecule has 0 aliphatic rings. The SMILES string of the molecule is CCOCOC(=O)c1ccccc1Nc1c(Cl)ccc(C)c1Cl.[PbH2]. The second-order valence-electron chi connectivity index (χ2n) is 4.77. The van der Waals surface area contributed by atoms with Crippen LogP contribution in [0.15, 0.2) is 36.4 Å². The van der Waals surface area contributed by atoms with Gasteiger partial charge in [-0.1, -0.05) is 41.4 Å². The van der Waals surface area contributed by atoms with Crippen molar-refractivity contribution in [2.75, 3.05) is 18.7 Å². The molecule has 2 radical (unpaired) electrons. The van der Waals surface area contributed by atoms with Crippen LogP contribution < -0.4 is 5.32 Å². The normalized spacial score (nSPS) is 10.0. The molecule has 0 spiro atoms. The number of ether oxygens (including phenoxy) is 2. The molecule has 0 heterocycles. The van der Waals surface area contributed by atoms with Gasteiger partial charge in [-0.3, -0.25) is 0 Å². The van der Waals surface area contributed by atoms with Crippen LogP contribution in [0.25, 0.3) is 0 Å². The van der Waals surface area contributed by atoms with E-state index in [9.17, 15) is 4.79 Å². The summed E-state index contributed by atoms with van der Waals surface area (Å²) in [6.07, 6.45) is 0. The van der Waals surface area contributed by atoms with Gasteiger partial charge < -0.3 is 14.8 Å². The van der Waals surface area contributed by atoms with Crippen molar-refractivity contribution in [2.24, 2.45) is 0 Å². The first-order valence-electron chi connectivity index (χ1n) is 7.10. The van der Waals surface area contributed by atoms with Crippen LogP contribution in [0.4, 0.5) is 11.4 Å². The third kappa shape index (κ3) is 5.34. The van der Waals surface area contributed by atoms with Gasteiger partial charge in [-0.05, 0) is 37.6 Å². The van der Waals surface area contributed by atoms with Crippen LogP contribution in [0.5, 0.6) is 0 Å². The van der Waals surface area contributed by atoms with Crippen molar-refractivity contribution in [3.05, 3.63) is 57.6 Å². The predicted octanol–water partition coefficient (Wildman–Crippen LogP) is 4.28. The van der Waals surface area contributed by atoms with Crippen molar-refractivity contribution in [1.82, 2.24) is 0 Å². The topological polar surface area (TPSA) is 47.6 Å². The van der Waals surface area contributed by atoms with E-state index in [2.05, 4.69) is 5.32 Å². The Morgan fingerprint density at radius 2 is 1.88 bits per heavy atom. The Morgan fingerprint density at radius 1 is 1.17 bits per heavy atom. The summed E-state index contributed by atoms with van der Waals surface area (Å²) in [4.78, 5) is 12.2. The first-order valence-corrected chi connectivity index (χ1v) is 7.85. The molecule has 0 saturated carbocycles. The Hall–Kier alpha value is -0.828. The number of nitrogens with one attached hydrogen (secondary N) is 1. The molecule has 0 fully saturated rings. The maximum atomic E-state index is 12.2. The Labute approximate surface area is 171 Å². The average molecular weight is 563 g/mol. The van der Waals surface area contributed by atoms with Gasteiger partial charge in [0.25, 0.3) is 0 Å². The molecular weight excluding hydrogens is 544 g/mol. The van der Waals surface area contributed by atoms with E-state index in [4.69, 9.17) is 32.7 Å². The Kier molecular flexibility index (Phi) is 9.04. The predicted molar refractivity (Wildman–Crippen MR) is 101 cm³/mol. The zero-order valence-electron chi connectivity index (χ0n) is 13.6. The second-order valence-corrected chi connectivity index (χ2v) is 5.55. The van der Waals surface area contributed by atoms with Gasteiger partial charge in [0.15, 0.2) is 6.79 Å². The van der Waals surface area contributed by atoms with Gasteiger partial charge in [0.05, 0.1) is 27.0 Å². The van der Waals surface area contributed by atoms with E-state index >= 15 is 0 Å². The van der Waals surface area contributed by atoms with Crippen LogP contribution in [0.1, 0.15) is 22.8 Å². The van der Waals surface area contributed by atoms with Gasteiger partial charge in [-0.15, -0.1) is 0 Å². The zero-order chi connectivity index (χ0) is 16.8. The van der Waals surface area contributed by atoms with E-state index in [1.807, 2.05) is 19.9 Å². The molecule has 128 valence electrons. The summed E-state index contributed by atoms with van der Waals surface area (Å²) in [5, 5.41) is 4.10. The van der Waals surface area contributed by atoms with Gasteiger partial charge in [-0.2, -0.15) is 0 Å². The molecule has 1 N–H and O–H groups in total. The van der Waals surface area contributed by atoms with E-state index < -0.39 is 5.97 Å². The molecule has 0 unspecified atom stereocenters. The Morgan fingerprint density at radius 3 is 2.58 bits per heavy atom. The van der Waals surface area contributed by atoms with E-state index in [1.54, 1.807) is 30.3 Å². The standard InChI is InChI=1S/C17H17Cl2NO3.Pb.2H/c1-3-22-10-23-17(21)12-6-4-5-7-14(12)20-16-13(18)9-8-11(2)15(16)19;;;/h4-9,20H,3,10H2,1-2H3;;;. The summed E-state index contributed by atoms with van der Waals surface area (Å²) < 4.78 is 10.1. The molecule has 24 heavy (non-hydrogen) atoms. The summed E-state index contributed by atoms with van der Waals surface area (Å²) in [6, 6.07) is 10.6. The summed E-state index contributed by atoms with van der Waals surface area (Å²) in [5.41, 5.74) is 2.37. The monoisotopic (exact) mass is 563 g/mol. The molecule has 0 bridgehead atoms. The van der Waals surface area contributed by atoms with Gasteiger partial charge in [0, 0.05) is 6.61 Å². The first kappa shape index (κ1) is 21.2. The molecule has 0 atom stereocenters. The fourth-order valence-electron chi connectivity index (χ4n) is 1.93. The molecule has 0 aromatic heterocycles. The number of anilines is 2. The fraction of sp³-hybridized carbons (Fsp3) is 0.235. The molecule has 0 amide bonds. The van der Waals surface area contributed by atoms with Crippen molar-refractivity contribution < 1.29 is 14.3 Å². The number of carbonyl (C=O) groups is 1. The third-order valence-corrected chi connectivity index (χ3v) is 3.97. The van der Waals surface area contributed by atoms with Crippen LogP contribution >= 0.6 is 23.2 Å². The van der Waals surface area contributed by atoms with Crippen molar-refractivity contribution in [2.45, 2.75) is 13.8 Å². The molecule has 0 aliphatic carbocycles. The first-order chi connectivity index (χ1) is 11.0. The number of esters is 1. The van der Waals surface area contributed by atoms with Crippen LogP contribution in [0.3, 0.4) is 0 Å². The summed E-state index contributed by atoms with van der Waals surface area (Å²) in [6.45, 7) is 4.09. The minimum atomic E-state index is -0.485. The number of hydrogen-bond donors (Lipinski definition) is 1. The minimum absolute atomic E-state index is 0. The average Bonchev–Trinajstić information content (AvgIpc) is 2.55. The van der Waals surface area contributed by atoms with Gasteiger partial charge in [0.1, 0.15) is 0 Å². The molecule has 2 aromatic carbocycles. The van der Waals surface area contributed by atoms with E-state index in [0.717, 1.165) is 5.56 Å². The quantitative estimate of drug-likeness (QED) is 0.247. The molecule has 0 saturated heterocycles. The van der Waals surface area contributed by atoms with Crippen LogP contribution in [-0.2, 0) is 9.47 Å². The van der Waals surface area contributed by atoms with E-state index in [1.165, 1.54) is 0 Å². The van der Waals surface area contributed by atoms with Crippen molar-refractivity contribution >= 4 is 67.8 Å². The summed E-state index contributed by atoms with van der Waals surface area (Å²) in [5.74, 6) is -0.485. The van der Waals surface area contributed by atoms with Crippen molar-refractivity contribution in [1.29, 1.82) is 0 Å². The van der Waals surface area contributed by atoms with Crippen LogP contribution in [0, 0.1) is 6.92 Å². The van der Waals surface area contributed by atoms with Crippen LogP contribution in [-0.4, -0.2) is 46.7 Å². The molecule has 7 heteroatoms. The van der Waals surface area contributed by atoms with Gasteiger partial charge in [0.2, 0.25) is 0 Å². The second kappa shape index (κ2) is 10.2. The summed E-state index contributed by atoms with van der Waals surface area (Å²) in [7, 11) is 0. The molecular formula is C17H19Cl2NO3Pb. The zero-order valence-corrected chi connectivity index (χ0v) is 20.6. The summed E-state index contributed by atoms with van der Waals surface area (Å²) >= 11 is 12.5. The molecule has 4 nitrogen and oxygen atoms in total. The van der Waals surface area contributed by atoms with Crippen LogP contribution in [0.2, 0.25) is 10.0 Å². The molecule has 2 aromatic rings. The number of para-hydroxylation sites is 1. The Balaban J connectivity index is 0.00000288. The molecule has 0 aliphatic heterocycles.